The van der Waals surface area contributed by atoms with Crippen LogP contribution in [-0.4, -0.2) is 27.3 Å². The fraction of sp³-hybridized carbons (Fsp3) is 0.222. The van der Waals surface area contributed by atoms with Gasteiger partial charge in [-0.3, -0.25) is 4.79 Å². The van der Waals surface area contributed by atoms with Gasteiger partial charge in [0.25, 0.3) is 5.91 Å². The minimum Gasteiger partial charge on any atom is -0.455 e. The van der Waals surface area contributed by atoms with E-state index in [2.05, 4.69) is 20.5 Å². The maximum Gasteiger partial charge on any atom is 0.250 e. The van der Waals surface area contributed by atoms with E-state index in [0.29, 0.717) is 16.6 Å². The molecule has 2 aromatic heterocycles. The predicted molar refractivity (Wildman–Crippen MR) is 98.8 cm³/mol. The molecule has 0 fully saturated rings. The van der Waals surface area contributed by atoms with Crippen molar-refractivity contribution in [3.05, 3.63) is 53.5 Å². The van der Waals surface area contributed by atoms with Crippen molar-refractivity contribution < 1.29 is 9.21 Å². The van der Waals surface area contributed by atoms with Crippen molar-refractivity contribution in [1.82, 2.24) is 15.4 Å². The lowest BCUT2D eigenvalue weighted by molar-refractivity contribution is -0.118. The van der Waals surface area contributed by atoms with Crippen LogP contribution in [0.15, 0.2) is 51.1 Å². The van der Waals surface area contributed by atoms with E-state index >= 15 is 0 Å². The first-order valence-electron chi connectivity index (χ1n) is 7.78. The minimum absolute atomic E-state index is 0.194. The van der Waals surface area contributed by atoms with Gasteiger partial charge in [0.1, 0.15) is 11.3 Å². The summed E-state index contributed by atoms with van der Waals surface area (Å²) >= 11 is 1.28. The molecular weight excluding hydrogens is 336 g/mol. The molecule has 1 aromatic carbocycles. The Labute approximate surface area is 149 Å². The van der Waals surface area contributed by atoms with E-state index < -0.39 is 0 Å². The minimum atomic E-state index is -0.219. The summed E-state index contributed by atoms with van der Waals surface area (Å²) in [6, 6.07) is 11.5. The molecule has 2 heterocycles. The van der Waals surface area contributed by atoms with Gasteiger partial charge < -0.3 is 4.42 Å². The van der Waals surface area contributed by atoms with Crippen LogP contribution in [0.4, 0.5) is 0 Å². The van der Waals surface area contributed by atoms with Gasteiger partial charge in [0.2, 0.25) is 0 Å². The number of hydrazone groups is 1. The predicted octanol–water partition coefficient (Wildman–Crippen LogP) is 3.47. The lowest BCUT2D eigenvalue weighted by Crippen LogP contribution is -2.21. The van der Waals surface area contributed by atoms with Gasteiger partial charge in [0.05, 0.1) is 5.75 Å². The standard InChI is InChI=1S/C18H18N4O2S/c1-11-8-12(2)20-18(19-11)25-10-17(23)22-21-13(3)16-9-14-6-4-5-7-15(14)24-16/h4-9H,10H2,1-3H3,(H,22,23)/b21-13+. The molecule has 0 aliphatic carbocycles. The van der Waals surface area contributed by atoms with Crippen LogP contribution in [0, 0.1) is 13.8 Å². The maximum atomic E-state index is 12.0. The molecule has 0 saturated heterocycles. The molecule has 0 spiro atoms. The van der Waals surface area contributed by atoms with Gasteiger partial charge in [-0.25, -0.2) is 15.4 Å². The molecule has 0 aliphatic heterocycles. The molecule has 3 rings (SSSR count). The monoisotopic (exact) mass is 354 g/mol. The smallest absolute Gasteiger partial charge is 0.250 e. The number of benzene rings is 1. The van der Waals surface area contributed by atoms with E-state index in [1.807, 2.05) is 50.2 Å². The van der Waals surface area contributed by atoms with Crippen molar-refractivity contribution in [1.29, 1.82) is 0 Å². The number of thioether (sulfide) groups is 1. The number of hydrogen-bond donors (Lipinski definition) is 1. The zero-order chi connectivity index (χ0) is 17.8. The zero-order valence-electron chi connectivity index (χ0n) is 14.2. The zero-order valence-corrected chi connectivity index (χ0v) is 15.1. The largest absolute Gasteiger partial charge is 0.455 e. The fourth-order valence-electron chi connectivity index (χ4n) is 2.28. The highest BCUT2D eigenvalue weighted by atomic mass is 32.2. The van der Waals surface area contributed by atoms with Crippen LogP contribution in [0.25, 0.3) is 11.0 Å². The number of carbonyl (C=O) groups excluding carboxylic acids is 1. The van der Waals surface area contributed by atoms with E-state index in [1.165, 1.54) is 11.8 Å². The molecule has 1 amide bonds. The van der Waals surface area contributed by atoms with Crippen LogP contribution in [-0.2, 0) is 4.79 Å². The normalized spacial score (nSPS) is 11.7. The van der Waals surface area contributed by atoms with Crippen LogP contribution >= 0.6 is 11.8 Å². The van der Waals surface area contributed by atoms with Gasteiger partial charge in [0, 0.05) is 16.8 Å². The van der Waals surface area contributed by atoms with Crippen molar-refractivity contribution in [2.75, 3.05) is 5.75 Å². The number of furan rings is 1. The Balaban J connectivity index is 1.59. The van der Waals surface area contributed by atoms with Gasteiger partial charge >= 0.3 is 0 Å². The van der Waals surface area contributed by atoms with E-state index in [9.17, 15) is 4.79 Å². The molecule has 128 valence electrons. The molecule has 0 saturated carbocycles. The number of amides is 1. The van der Waals surface area contributed by atoms with E-state index in [4.69, 9.17) is 4.42 Å². The Hall–Kier alpha value is -2.67. The molecule has 0 bridgehead atoms. The third-order valence-electron chi connectivity index (χ3n) is 3.42. The first-order valence-corrected chi connectivity index (χ1v) is 8.77. The quantitative estimate of drug-likeness (QED) is 0.328. The topological polar surface area (TPSA) is 80.4 Å². The molecule has 0 unspecified atom stereocenters. The van der Waals surface area contributed by atoms with Crippen LogP contribution in [0.1, 0.15) is 24.1 Å². The third kappa shape index (κ3) is 4.45. The Kier molecular flexibility index (Phi) is 5.14. The Morgan fingerprint density at radius 1 is 1.20 bits per heavy atom. The summed E-state index contributed by atoms with van der Waals surface area (Å²) in [5.74, 6) is 0.606. The second-order valence-corrected chi connectivity index (χ2v) is 6.55. The Bertz CT molecular complexity index is 896. The van der Waals surface area contributed by atoms with E-state index in [1.54, 1.807) is 6.92 Å². The summed E-state index contributed by atoms with van der Waals surface area (Å²) in [6.45, 7) is 5.60. The number of fused-ring (bicyclic) bond motifs is 1. The fourth-order valence-corrected chi connectivity index (χ4v) is 3.02. The average molecular weight is 354 g/mol. The number of hydrogen-bond acceptors (Lipinski definition) is 6. The number of nitrogens with zero attached hydrogens (tertiary/aromatic N) is 3. The van der Waals surface area contributed by atoms with Crippen molar-refractivity contribution in [3.63, 3.8) is 0 Å². The second-order valence-electron chi connectivity index (χ2n) is 5.60. The number of aromatic nitrogens is 2. The maximum absolute atomic E-state index is 12.0. The van der Waals surface area contributed by atoms with Gasteiger partial charge in [-0.2, -0.15) is 5.10 Å². The van der Waals surface area contributed by atoms with E-state index in [0.717, 1.165) is 22.4 Å². The molecule has 1 N–H and O–H groups in total. The number of nitrogens with one attached hydrogen (secondary N) is 1. The van der Waals surface area contributed by atoms with Crippen molar-refractivity contribution in [3.8, 4) is 0 Å². The molecule has 25 heavy (non-hydrogen) atoms. The Morgan fingerprint density at radius 2 is 1.92 bits per heavy atom. The molecule has 0 aliphatic rings. The van der Waals surface area contributed by atoms with Crippen LogP contribution in [0.5, 0.6) is 0 Å². The summed E-state index contributed by atoms with van der Waals surface area (Å²) in [4.78, 5) is 20.6. The molecule has 7 heteroatoms. The van der Waals surface area contributed by atoms with Crippen molar-refractivity contribution in [2.45, 2.75) is 25.9 Å². The van der Waals surface area contributed by atoms with Crippen LogP contribution in [0.2, 0.25) is 0 Å². The molecular formula is C18H18N4O2S. The first-order chi connectivity index (χ1) is 12.0. The molecule has 0 atom stereocenters. The third-order valence-corrected chi connectivity index (χ3v) is 4.27. The number of para-hydroxylation sites is 1. The lowest BCUT2D eigenvalue weighted by atomic mass is 10.2. The van der Waals surface area contributed by atoms with Crippen LogP contribution < -0.4 is 5.43 Å². The summed E-state index contributed by atoms with van der Waals surface area (Å²) in [5.41, 5.74) is 5.71. The number of aryl methyl sites for hydroxylation is 2. The average Bonchev–Trinajstić information content (AvgIpc) is 3.01. The number of rotatable bonds is 5. The van der Waals surface area contributed by atoms with Crippen molar-refractivity contribution in [2.24, 2.45) is 5.10 Å². The van der Waals surface area contributed by atoms with Gasteiger partial charge in [-0.15, -0.1) is 0 Å². The summed E-state index contributed by atoms with van der Waals surface area (Å²) in [7, 11) is 0. The van der Waals surface area contributed by atoms with Gasteiger partial charge in [-0.1, -0.05) is 30.0 Å². The molecule has 0 radical (unpaired) electrons. The second kappa shape index (κ2) is 7.48. The number of carbonyl (C=O) groups is 1. The van der Waals surface area contributed by atoms with Crippen molar-refractivity contribution >= 4 is 34.3 Å². The summed E-state index contributed by atoms with van der Waals surface area (Å²) < 4.78 is 5.71. The highest BCUT2D eigenvalue weighted by Crippen LogP contribution is 2.19. The highest BCUT2D eigenvalue weighted by Gasteiger charge is 2.08. The SMILES string of the molecule is C/C(=N\NC(=O)CSc1nc(C)cc(C)n1)c1cc2ccccc2o1. The van der Waals surface area contributed by atoms with Gasteiger partial charge in [0.15, 0.2) is 10.9 Å². The Morgan fingerprint density at radius 3 is 2.64 bits per heavy atom. The molecule has 6 nitrogen and oxygen atoms in total. The lowest BCUT2D eigenvalue weighted by Gasteiger charge is -2.03. The summed E-state index contributed by atoms with van der Waals surface area (Å²) in [5, 5.41) is 5.70. The molecule has 3 aromatic rings. The highest BCUT2D eigenvalue weighted by molar-refractivity contribution is 7.99. The van der Waals surface area contributed by atoms with E-state index in [-0.39, 0.29) is 11.7 Å². The first kappa shape index (κ1) is 17.2. The van der Waals surface area contributed by atoms with Gasteiger partial charge in [-0.05, 0) is 39.0 Å². The summed E-state index contributed by atoms with van der Waals surface area (Å²) in [6.07, 6.45) is 0. The van der Waals surface area contributed by atoms with Crippen LogP contribution in [0.3, 0.4) is 0 Å².